The predicted octanol–water partition coefficient (Wildman–Crippen LogP) is 1.46. The normalized spacial score (nSPS) is 16.8. The van der Waals surface area contributed by atoms with Crippen molar-refractivity contribution in [3.8, 4) is 0 Å². The fourth-order valence-electron chi connectivity index (χ4n) is 2.70. The molecular weight excluding hydrogens is 226 g/mol. The number of carbonyl (C=O) groups excluding carboxylic acids is 1. The highest BCUT2D eigenvalue weighted by molar-refractivity contribution is 5.97. The minimum Gasteiger partial charge on any atom is -0.350 e. The molecule has 18 heavy (non-hydrogen) atoms. The topological polar surface area (TPSA) is 46.1 Å². The van der Waals surface area contributed by atoms with Gasteiger partial charge in [-0.1, -0.05) is 18.2 Å². The van der Waals surface area contributed by atoms with Gasteiger partial charge in [0.25, 0.3) is 0 Å². The van der Waals surface area contributed by atoms with Crippen molar-refractivity contribution in [2.75, 3.05) is 7.05 Å². The molecule has 1 aromatic carbocycles. The number of amides is 1. The van der Waals surface area contributed by atoms with Crippen molar-refractivity contribution >= 4 is 16.8 Å². The van der Waals surface area contributed by atoms with E-state index in [1.807, 2.05) is 19.2 Å². The van der Waals surface area contributed by atoms with Gasteiger partial charge >= 0.3 is 0 Å². The summed E-state index contributed by atoms with van der Waals surface area (Å²) in [6.07, 6.45) is 3.94. The maximum absolute atomic E-state index is 12.2. The number of hydrogen-bond acceptors (Lipinski definition) is 2. The second kappa shape index (κ2) is 3.85. The van der Waals surface area contributed by atoms with E-state index in [-0.39, 0.29) is 11.3 Å². The highest BCUT2D eigenvalue weighted by Gasteiger charge is 2.52. The van der Waals surface area contributed by atoms with E-state index in [1.165, 1.54) is 10.9 Å². The number of benzene rings is 1. The summed E-state index contributed by atoms with van der Waals surface area (Å²) >= 11 is 0. The highest BCUT2D eigenvalue weighted by atomic mass is 16.2. The van der Waals surface area contributed by atoms with Gasteiger partial charge in [0.15, 0.2) is 0 Å². The highest BCUT2D eigenvalue weighted by Crippen LogP contribution is 2.50. The van der Waals surface area contributed by atoms with Crippen LogP contribution in [0.25, 0.3) is 10.9 Å². The Kier molecular flexibility index (Phi) is 2.41. The van der Waals surface area contributed by atoms with E-state index < -0.39 is 0 Å². The zero-order valence-corrected chi connectivity index (χ0v) is 10.7. The van der Waals surface area contributed by atoms with E-state index in [0.29, 0.717) is 0 Å². The van der Waals surface area contributed by atoms with Crippen molar-refractivity contribution in [3.05, 3.63) is 36.0 Å². The Morgan fingerprint density at radius 3 is 2.72 bits per heavy atom. The van der Waals surface area contributed by atoms with Crippen LogP contribution in [0.1, 0.15) is 18.4 Å². The number of para-hydroxylation sites is 1. The quantitative estimate of drug-likeness (QED) is 0.802. The zero-order chi connectivity index (χ0) is 12.8. The first kappa shape index (κ1) is 11.3. The molecule has 1 aliphatic carbocycles. The molecule has 0 unspecified atom stereocenters. The lowest BCUT2D eigenvalue weighted by Gasteiger charge is -2.13. The summed E-state index contributed by atoms with van der Waals surface area (Å²) in [5.74, 6) is 0.0707. The molecule has 2 N–H and O–H groups in total. The van der Waals surface area contributed by atoms with Crippen molar-refractivity contribution < 1.29 is 4.79 Å². The van der Waals surface area contributed by atoms with Crippen LogP contribution in [-0.4, -0.2) is 17.5 Å². The molecule has 1 fully saturated rings. The molecule has 3 rings (SSSR count). The SMILES string of the molecule is CNNC(=O)C1(c2cn(C)c3ccccc23)CC1. The van der Waals surface area contributed by atoms with Gasteiger partial charge in [-0.25, -0.2) is 5.43 Å². The van der Waals surface area contributed by atoms with Gasteiger partial charge in [-0.2, -0.15) is 0 Å². The predicted molar refractivity (Wildman–Crippen MR) is 71.0 cm³/mol. The van der Waals surface area contributed by atoms with Crippen molar-refractivity contribution in [3.63, 3.8) is 0 Å². The Balaban J connectivity index is 2.13. The third-order valence-electron chi connectivity index (χ3n) is 3.84. The molecule has 94 valence electrons. The Morgan fingerprint density at radius 2 is 2.06 bits per heavy atom. The van der Waals surface area contributed by atoms with Crippen LogP contribution in [0.4, 0.5) is 0 Å². The minimum absolute atomic E-state index is 0.0707. The zero-order valence-electron chi connectivity index (χ0n) is 10.7. The van der Waals surface area contributed by atoms with Crippen LogP contribution in [0.3, 0.4) is 0 Å². The summed E-state index contributed by atoms with van der Waals surface area (Å²) in [5, 5.41) is 1.18. The van der Waals surface area contributed by atoms with Crippen LogP contribution in [0, 0.1) is 0 Å². The lowest BCUT2D eigenvalue weighted by molar-refractivity contribution is -0.124. The fourth-order valence-corrected chi connectivity index (χ4v) is 2.70. The smallest absolute Gasteiger partial charge is 0.244 e. The number of carbonyl (C=O) groups is 1. The Labute approximate surface area is 106 Å². The van der Waals surface area contributed by atoms with E-state index in [4.69, 9.17) is 0 Å². The van der Waals surface area contributed by atoms with Gasteiger partial charge in [0.2, 0.25) is 5.91 Å². The average molecular weight is 243 g/mol. The molecule has 1 aliphatic rings. The maximum atomic E-state index is 12.2. The molecule has 1 aromatic heterocycles. The number of nitrogens with zero attached hydrogens (tertiary/aromatic N) is 1. The minimum atomic E-state index is -0.329. The van der Waals surface area contributed by atoms with Crippen molar-refractivity contribution in [1.82, 2.24) is 15.4 Å². The number of fused-ring (bicyclic) bond motifs is 1. The molecule has 0 spiro atoms. The maximum Gasteiger partial charge on any atom is 0.244 e. The number of aryl methyl sites for hydroxylation is 1. The summed E-state index contributed by atoms with van der Waals surface area (Å²) in [7, 11) is 3.75. The van der Waals surface area contributed by atoms with Crippen molar-refractivity contribution in [2.45, 2.75) is 18.3 Å². The summed E-state index contributed by atoms with van der Waals surface area (Å²) < 4.78 is 2.09. The largest absolute Gasteiger partial charge is 0.350 e. The second-order valence-corrected chi connectivity index (χ2v) is 4.96. The molecule has 1 saturated carbocycles. The van der Waals surface area contributed by atoms with Gasteiger partial charge in [0.1, 0.15) is 0 Å². The van der Waals surface area contributed by atoms with Gasteiger partial charge in [-0.05, 0) is 24.5 Å². The van der Waals surface area contributed by atoms with E-state index in [1.54, 1.807) is 7.05 Å². The Morgan fingerprint density at radius 1 is 1.33 bits per heavy atom. The van der Waals surface area contributed by atoms with E-state index in [0.717, 1.165) is 18.4 Å². The molecule has 1 amide bonds. The van der Waals surface area contributed by atoms with Crippen molar-refractivity contribution in [2.24, 2.45) is 7.05 Å². The van der Waals surface area contributed by atoms with Gasteiger partial charge in [-0.3, -0.25) is 10.2 Å². The molecule has 0 aliphatic heterocycles. The molecular formula is C14H17N3O. The van der Waals surface area contributed by atoms with Crippen molar-refractivity contribution in [1.29, 1.82) is 0 Å². The summed E-state index contributed by atoms with van der Waals surface area (Å²) in [6.45, 7) is 0. The molecule has 0 radical (unpaired) electrons. The first-order valence-electron chi connectivity index (χ1n) is 6.21. The number of hydrogen-bond donors (Lipinski definition) is 2. The standard InChI is InChI=1S/C14H17N3O/c1-15-16-13(18)14(7-8-14)11-9-17(2)12-6-4-3-5-10(11)12/h3-6,9,15H,7-8H2,1-2H3,(H,16,18). The number of hydrazine groups is 1. The molecule has 0 atom stereocenters. The molecule has 0 bridgehead atoms. The first-order valence-corrected chi connectivity index (χ1v) is 6.21. The van der Waals surface area contributed by atoms with E-state index in [2.05, 4.69) is 33.7 Å². The van der Waals surface area contributed by atoms with Crippen LogP contribution in [0.15, 0.2) is 30.5 Å². The van der Waals surface area contributed by atoms with Gasteiger partial charge < -0.3 is 4.57 Å². The molecule has 4 heteroatoms. The lowest BCUT2D eigenvalue weighted by atomic mass is 9.95. The third kappa shape index (κ3) is 1.46. The first-order chi connectivity index (χ1) is 8.69. The van der Waals surface area contributed by atoms with Gasteiger partial charge in [0, 0.05) is 31.2 Å². The molecule has 0 saturated heterocycles. The number of nitrogens with one attached hydrogen (secondary N) is 2. The van der Waals surface area contributed by atoms with Crippen LogP contribution >= 0.6 is 0 Å². The number of aromatic nitrogens is 1. The Bertz CT molecular complexity index is 611. The van der Waals surface area contributed by atoms with Gasteiger partial charge in [0.05, 0.1) is 5.41 Å². The fraction of sp³-hybridized carbons (Fsp3) is 0.357. The van der Waals surface area contributed by atoms with Crippen LogP contribution in [-0.2, 0) is 17.3 Å². The lowest BCUT2D eigenvalue weighted by Crippen LogP contribution is -2.41. The van der Waals surface area contributed by atoms with Crippen LogP contribution < -0.4 is 10.9 Å². The Hall–Kier alpha value is -1.81. The van der Waals surface area contributed by atoms with Crippen LogP contribution in [0.5, 0.6) is 0 Å². The number of rotatable bonds is 3. The van der Waals surface area contributed by atoms with E-state index >= 15 is 0 Å². The second-order valence-electron chi connectivity index (χ2n) is 4.96. The third-order valence-corrected chi connectivity index (χ3v) is 3.84. The van der Waals surface area contributed by atoms with Gasteiger partial charge in [-0.15, -0.1) is 0 Å². The van der Waals surface area contributed by atoms with Crippen LogP contribution in [0.2, 0.25) is 0 Å². The van der Waals surface area contributed by atoms with E-state index in [9.17, 15) is 4.79 Å². The summed E-state index contributed by atoms with van der Waals surface area (Å²) in [6, 6.07) is 8.24. The molecule has 1 heterocycles. The average Bonchev–Trinajstić information content (AvgIpc) is 3.12. The summed E-state index contributed by atoms with van der Waals surface area (Å²) in [5.41, 5.74) is 7.45. The molecule has 4 nitrogen and oxygen atoms in total. The summed E-state index contributed by atoms with van der Waals surface area (Å²) in [4.78, 5) is 12.2. The molecule has 2 aromatic rings. The monoisotopic (exact) mass is 243 g/mol.